The smallest absolute Gasteiger partial charge is 0.308 e. The molecule has 2 N–H and O–H groups in total. The fourth-order valence-corrected chi connectivity index (χ4v) is 1.21. The Morgan fingerprint density at radius 1 is 1.53 bits per heavy atom. The van der Waals surface area contributed by atoms with Crippen LogP contribution < -0.4 is 10.5 Å². The lowest BCUT2D eigenvalue weighted by atomic mass is 10.1. The average Bonchev–Trinajstić information content (AvgIpc) is 2.16. The summed E-state index contributed by atoms with van der Waals surface area (Å²) in [4.78, 5) is 10.7. The Morgan fingerprint density at radius 3 is 2.73 bits per heavy atom. The van der Waals surface area contributed by atoms with Crippen LogP contribution in [0.3, 0.4) is 0 Å². The van der Waals surface area contributed by atoms with Crippen LogP contribution >= 0.6 is 12.4 Å². The Labute approximate surface area is 96.0 Å². The summed E-state index contributed by atoms with van der Waals surface area (Å²) < 4.78 is 4.96. The second-order valence-electron chi connectivity index (χ2n) is 3.18. The summed E-state index contributed by atoms with van der Waals surface area (Å²) in [5.41, 5.74) is 6.85. The minimum Gasteiger partial charge on any atom is -0.427 e. The highest BCUT2D eigenvalue weighted by Crippen LogP contribution is 2.19. The van der Waals surface area contributed by atoms with Crippen LogP contribution in [0, 0.1) is 0 Å². The standard InChI is InChI=1S/C11H15NO2.ClH/c1-3-11(12)9-5-4-6-10(7-9)14-8(2)13;/h4-7,11H,3,12H2,1-2H3;1H/t11-;/m1./s1. The molecule has 1 aromatic carbocycles. The van der Waals surface area contributed by atoms with Gasteiger partial charge in [0.05, 0.1) is 0 Å². The van der Waals surface area contributed by atoms with Crippen molar-refractivity contribution in [3.8, 4) is 5.75 Å². The van der Waals surface area contributed by atoms with E-state index in [4.69, 9.17) is 10.5 Å². The third-order valence-electron chi connectivity index (χ3n) is 1.99. The number of ether oxygens (including phenoxy) is 1. The Morgan fingerprint density at radius 2 is 2.20 bits per heavy atom. The number of carbonyl (C=O) groups excluding carboxylic acids is 1. The van der Waals surface area contributed by atoms with Gasteiger partial charge in [-0.15, -0.1) is 12.4 Å². The minimum atomic E-state index is -0.313. The maximum Gasteiger partial charge on any atom is 0.308 e. The lowest BCUT2D eigenvalue weighted by molar-refractivity contribution is -0.131. The molecule has 0 aromatic heterocycles. The molecular formula is C11H16ClNO2. The van der Waals surface area contributed by atoms with E-state index in [9.17, 15) is 4.79 Å². The molecule has 84 valence electrons. The lowest BCUT2D eigenvalue weighted by Gasteiger charge is -2.10. The van der Waals surface area contributed by atoms with Crippen LogP contribution in [0.25, 0.3) is 0 Å². The van der Waals surface area contributed by atoms with E-state index in [-0.39, 0.29) is 24.4 Å². The second kappa shape index (κ2) is 6.43. The predicted octanol–water partition coefficient (Wildman–Crippen LogP) is 2.44. The largest absolute Gasteiger partial charge is 0.427 e. The van der Waals surface area contributed by atoms with Crippen molar-refractivity contribution in [3.05, 3.63) is 29.8 Å². The highest BCUT2D eigenvalue weighted by molar-refractivity contribution is 5.85. The summed E-state index contributed by atoms with van der Waals surface area (Å²) >= 11 is 0. The molecule has 0 bridgehead atoms. The van der Waals surface area contributed by atoms with E-state index < -0.39 is 0 Å². The summed E-state index contributed by atoms with van der Waals surface area (Å²) in [6.45, 7) is 3.40. The number of halogens is 1. The van der Waals surface area contributed by atoms with Gasteiger partial charge in [-0.2, -0.15) is 0 Å². The number of hydrogen-bond acceptors (Lipinski definition) is 3. The number of carbonyl (C=O) groups is 1. The first-order valence-electron chi connectivity index (χ1n) is 4.67. The maximum atomic E-state index is 10.7. The molecule has 0 aliphatic rings. The van der Waals surface area contributed by atoms with Crippen LogP contribution in [-0.4, -0.2) is 5.97 Å². The third-order valence-corrected chi connectivity index (χ3v) is 1.99. The Hall–Kier alpha value is -1.06. The molecule has 1 aromatic rings. The van der Waals surface area contributed by atoms with Crippen LogP contribution in [-0.2, 0) is 4.79 Å². The number of rotatable bonds is 3. The zero-order valence-corrected chi connectivity index (χ0v) is 9.71. The maximum absolute atomic E-state index is 10.7. The molecule has 0 spiro atoms. The highest BCUT2D eigenvalue weighted by atomic mass is 35.5. The van der Waals surface area contributed by atoms with Crippen molar-refractivity contribution in [1.82, 2.24) is 0 Å². The van der Waals surface area contributed by atoms with Gasteiger partial charge in [-0.1, -0.05) is 19.1 Å². The van der Waals surface area contributed by atoms with Crippen molar-refractivity contribution in [2.75, 3.05) is 0 Å². The molecule has 4 heteroatoms. The van der Waals surface area contributed by atoms with E-state index in [0.29, 0.717) is 5.75 Å². The molecule has 15 heavy (non-hydrogen) atoms. The Balaban J connectivity index is 0.00000196. The molecule has 1 rings (SSSR count). The Kier molecular flexibility index (Phi) is 5.97. The van der Waals surface area contributed by atoms with Gasteiger partial charge >= 0.3 is 5.97 Å². The first kappa shape index (κ1) is 13.9. The molecular weight excluding hydrogens is 214 g/mol. The average molecular weight is 230 g/mol. The number of hydrogen-bond donors (Lipinski definition) is 1. The van der Waals surface area contributed by atoms with Gasteiger partial charge in [0, 0.05) is 13.0 Å². The van der Waals surface area contributed by atoms with Crippen molar-refractivity contribution in [2.45, 2.75) is 26.3 Å². The minimum absolute atomic E-state index is 0. The van der Waals surface area contributed by atoms with Gasteiger partial charge in [0.1, 0.15) is 5.75 Å². The van der Waals surface area contributed by atoms with E-state index in [2.05, 4.69) is 0 Å². The van der Waals surface area contributed by atoms with Crippen LogP contribution in [0.2, 0.25) is 0 Å². The summed E-state index contributed by atoms with van der Waals surface area (Å²) in [6, 6.07) is 7.32. The van der Waals surface area contributed by atoms with Crippen LogP contribution in [0.1, 0.15) is 31.9 Å². The highest BCUT2D eigenvalue weighted by Gasteiger charge is 2.05. The topological polar surface area (TPSA) is 52.3 Å². The summed E-state index contributed by atoms with van der Waals surface area (Å²) in [6.07, 6.45) is 0.865. The fraction of sp³-hybridized carbons (Fsp3) is 0.364. The molecule has 0 aliphatic heterocycles. The van der Waals surface area contributed by atoms with Gasteiger partial charge in [-0.25, -0.2) is 0 Å². The summed E-state index contributed by atoms with van der Waals surface area (Å²) in [5.74, 6) is 0.242. The first-order chi connectivity index (χ1) is 6.63. The van der Waals surface area contributed by atoms with Crippen molar-refractivity contribution < 1.29 is 9.53 Å². The van der Waals surface area contributed by atoms with Crippen molar-refractivity contribution in [2.24, 2.45) is 5.73 Å². The first-order valence-corrected chi connectivity index (χ1v) is 4.67. The van der Waals surface area contributed by atoms with E-state index in [1.807, 2.05) is 19.1 Å². The van der Waals surface area contributed by atoms with Gasteiger partial charge in [-0.05, 0) is 24.1 Å². The SMILES string of the molecule is CC[C@@H](N)c1cccc(OC(C)=O)c1.Cl. The van der Waals surface area contributed by atoms with Crippen molar-refractivity contribution >= 4 is 18.4 Å². The molecule has 0 radical (unpaired) electrons. The number of nitrogens with two attached hydrogens (primary N) is 1. The molecule has 1 atom stereocenters. The zero-order chi connectivity index (χ0) is 10.6. The van der Waals surface area contributed by atoms with E-state index in [1.165, 1.54) is 6.92 Å². The normalized spacial score (nSPS) is 11.4. The van der Waals surface area contributed by atoms with E-state index in [0.717, 1.165) is 12.0 Å². The van der Waals surface area contributed by atoms with Gasteiger partial charge in [0.2, 0.25) is 0 Å². The second-order valence-corrected chi connectivity index (χ2v) is 3.18. The molecule has 0 fully saturated rings. The summed E-state index contributed by atoms with van der Waals surface area (Å²) in [5, 5.41) is 0. The third kappa shape index (κ3) is 4.32. The van der Waals surface area contributed by atoms with Crippen LogP contribution in [0.15, 0.2) is 24.3 Å². The zero-order valence-electron chi connectivity index (χ0n) is 8.90. The predicted molar refractivity (Wildman–Crippen MR) is 62.2 cm³/mol. The van der Waals surface area contributed by atoms with Gasteiger partial charge in [0.25, 0.3) is 0 Å². The van der Waals surface area contributed by atoms with Gasteiger partial charge in [-0.3, -0.25) is 4.79 Å². The van der Waals surface area contributed by atoms with Crippen molar-refractivity contribution in [3.63, 3.8) is 0 Å². The molecule has 0 amide bonds. The number of esters is 1. The van der Waals surface area contributed by atoms with Crippen LogP contribution in [0.4, 0.5) is 0 Å². The van der Waals surface area contributed by atoms with Crippen molar-refractivity contribution in [1.29, 1.82) is 0 Å². The van der Waals surface area contributed by atoms with Crippen LogP contribution in [0.5, 0.6) is 5.75 Å². The molecule has 0 saturated carbocycles. The monoisotopic (exact) mass is 229 g/mol. The van der Waals surface area contributed by atoms with Gasteiger partial charge in [0.15, 0.2) is 0 Å². The lowest BCUT2D eigenvalue weighted by Crippen LogP contribution is -2.09. The quantitative estimate of drug-likeness (QED) is 0.640. The molecule has 0 heterocycles. The fourth-order valence-electron chi connectivity index (χ4n) is 1.21. The van der Waals surface area contributed by atoms with E-state index in [1.54, 1.807) is 12.1 Å². The molecule has 0 saturated heterocycles. The molecule has 0 aliphatic carbocycles. The Bertz CT molecular complexity index is 328. The van der Waals surface area contributed by atoms with Gasteiger partial charge < -0.3 is 10.5 Å². The van der Waals surface area contributed by atoms with E-state index >= 15 is 0 Å². The number of benzene rings is 1. The molecule has 3 nitrogen and oxygen atoms in total. The molecule has 0 unspecified atom stereocenters. The summed E-state index contributed by atoms with van der Waals surface area (Å²) in [7, 11) is 0.